The van der Waals surface area contributed by atoms with E-state index in [9.17, 15) is 4.79 Å². The fraction of sp³-hybridized carbons (Fsp3) is 0.364. The van der Waals surface area contributed by atoms with Gasteiger partial charge in [-0.2, -0.15) is 0 Å². The van der Waals surface area contributed by atoms with Crippen molar-refractivity contribution in [3.63, 3.8) is 0 Å². The van der Waals surface area contributed by atoms with Crippen molar-refractivity contribution in [1.29, 1.82) is 0 Å². The van der Waals surface area contributed by atoms with E-state index in [1.54, 1.807) is 47.4 Å². The number of amides is 1. The zero-order chi connectivity index (χ0) is 21.3. The lowest BCUT2D eigenvalue weighted by molar-refractivity contribution is -0.145. The summed E-state index contributed by atoms with van der Waals surface area (Å²) < 4.78 is 7.17. The van der Waals surface area contributed by atoms with Crippen molar-refractivity contribution in [3.8, 4) is 5.75 Å². The van der Waals surface area contributed by atoms with Gasteiger partial charge in [-0.25, -0.2) is 4.98 Å². The first kappa shape index (κ1) is 21.3. The molecule has 0 unspecified atom stereocenters. The lowest BCUT2D eigenvalue weighted by Crippen LogP contribution is -2.55. The van der Waals surface area contributed by atoms with Crippen LogP contribution in [0.2, 0.25) is 5.02 Å². The van der Waals surface area contributed by atoms with Crippen molar-refractivity contribution in [1.82, 2.24) is 9.88 Å². The summed E-state index contributed by atoms with van der Waals surface area (Å²) in [6.45, 7) is 6.45. The summed E-state index contributed by atoms with van der Waals surface area (Å²) in [5.74, 6) is 0.626. The van der Waals surface area contributed by atoms with E-state index in [0.29, 0.717) is 23.9 Å². The molecule has 1 aliphatic rings. The highest BCUT2D eigenvalue weighted by Crippen LogP contribution is 2.32. The van der Waals surface area contributed by atoms with Crippen LogP contribution < -0.4 is 9.64 Å². The first-order chi connectivity index (χ1) is 14.4. The molecule has 30 heavy (non-hydrogen) atoms. The van der Waals surface area contributed by atoms with Crippen LogP contribution in [0.1, 0.15) is 13.8 Å². The maximum absolute atomic E-state index is 13.1. The quantitative estimate of drug-likeness (QED) is 0.490. The first-order valence-electron chi connectivity index (χ1n) is 9.79. The normalized spacial score (nSPS) is 14.9. The van der Waals surface area contributed by atoms with Crippen LogP contribution in [0.3, 0.4) is 0 Å². The summed E-state index contributed by atoms with van der Waals surface area (Å²) >= 11 is 9.38. The van der Waals surface area contributed by atoms with Crippen LogP contribution in [0.5, 0.6) is 5.75 Å². The van der Waals surface area contributed by atoms with Crippen molar-refractivity contribution in [2.75, 3.05) is 37.3 Å². The summed E-state index contributed by atoms with van der Waals surface area (Å²) in [5.41, 5.74) is 0.0869. The summed E-state index contributed by atoms with van der Waals surface area (Å²) in [6, 6.07) is 13.5. The second-order valence-corrected chi connectivity index (χ2v) is 10.0. The summed E-state index contributed by atoms with van der Waals surface area (Å²) in [5, 5.41) is 1.66. The minimum absolute atomic E-state index is 0.00832. The van der Waals surface area contributed by atoms with Gasteiger partial charge >= 0.3 is 0 Å². The molecular weight excluding hydrogens is 438 g/mol. The number of anilines is 1. The topological polar surface area (TPSA) is 45.7 Å². The van der Waals surface area contributed by atoms with Gasteiger partial charge in [-0.1, -0.05) is 22.9 Å². The van der Waals surface area contributed by atoms with E-state index in [1.807, 2.05) is 18.7 Å². The Hall–Kier alpha value is -1.96. The minimum atomic E-state index is -0.944. The number of hydrogen-bond acceptors (Lipinski definition) is 6. The van der Waals surface area contributed by atoms with Gasteiger partial charge in [0.2, 0.25) is 0 Å². The van der Waals surface area contributed by atoms with Crippen LogP contribution in [0.4, 0.5) is 5.13 Å². The van der Waals surface area contributed by atoms with Crippen LogP contribution in [0.25, 0.3) is 10.2 Å². The highest BCUT2D eigenvalue weighted by molar-refractivity contribution is 7.98. The SMILES string of the molecule is CSc1ccc2nc(N3CCN(C(=O)C(C)(C)Oc4ccc(Cl)cc4)CC3)sc2c1. The predicted molar refractivity (Wildman–Crippen MR) is 126 cm³/mol. The van der Waals surface area contributed by atoms with Crippen LogP contribution >= 0.6 is 34.7 Å². The van der Waals surface area contributed by atoms with Crippen molar-refractivity contribution in [2.24, 2.45) is 0 Å². The molecule has 0 aliphatic carbocycles. The highest BCUT2D eigenvalue weighted by Gasteiger charge is 2.36. The van der Waals surface area contributed by atoms with Crippen LogP contribution in [0.15, 0.2) is 47.4 Å². The van der Waals surface area contributed by atoms with Crippen molar-refractivity contribution < 1.29 is 9.53 Å². The van der Waals surface area contributed by atoms with Gasteiger partial charge in [0.1, 0.15) is 5.75 Å². The van der Waals surface area contributed by atoms with E-state index in [2.05, 4.69) is 29.4 Å². The number of thioether (sulfide) groups is 1. The maximum Gasteiger partial charge on any atom is 0.266 e. The molecular formula is C22H24ClN3O2S2. The Labute approximate surface area is 190 Å². The fourth-order valence-corrected chi connectivity index (χ4v) is 5.17. The molecule has 0 radical (unpaired) electrons. The first-order valence-corrected chi connectivity index (χ1v) is 12.2. The Morgan fingerprint density at radius 1 is 1.13 bits per heavy atom. The van der Waals surface area contributed by atoms with E-state index in [1.165, 1.54) is 9.60 Å². The maximum atomic E-state index is 13.1. The third kappa shape index (κ3) is 4.53. The second kappa shape index (κ2) is 8.65. The van der Waals surface area contributed by atoms with Gasteiger partial charge in [0.15, 0.2) is 10.7 Å². The van der Waals surface area contributed by atoms with Crippen molar-refractivity contribution in [2.45, 2.75) is 24.3 Å². The molecule has 2 heterocycles. The monoisotopic (exact) mass is 461 g/mol. The minimum Gasteiger partial charge on any atom is -0.478 e. The molecule has 0 spiro atoms. The van der Waals surface area contributed by atoms with Gasteiger partial charge in [0.25, 0.3) is 5.91 Å². The largest absolute Gasteiger partial charge is 0.478 e. The average Bonchev–Trinajstić information content (AvgIpc) is 3.18. The zero-order valence-corrected chi connectivity index (χ0v) is 19.6. The number of ether oxygens (including phenoxy) is 1. The van der Waals surface area contributed by atoms with E-state index in [0.717, 1.165) is 23.7 Å². The van der Waals surface area contributed by atoms with Crippen LogP contribution in [-0.2, 0) is 4.79 Å². The van der Waals surface area contributed by atoms with Gasteiger partial charge in [-0.05, 0) is 62.6 Å². The smallest absolute Gasteiger partial charge is 0.266 e. The predicted octanol–water partition coefficient (Wildman–Crippen LogP) is 5.18. The van der Waals surface area contributed by atoms with E-state index < -0.39 is 5.60 Å². The van der Waals surface area contributed by atoms with E-state index in [4.69, 9.17) is 21.3 Å². The zero-order valence-electron chi connectivity index (χ0n) is 17.2. The van der Waals surface area contributed by atoms with Gasteiger partial charge < -0.3 is 14.5 Å². The Morgan fingerprint density at radius 2 is 1.83 bits per heavy atom. The summed E-state index contributed by atoms with van der Waals surface area (Å²) in [7, 11) is 0. The number of piperazine rings is 1. The fourth-order valence-electron chi connectivity index (χ4n) is 3.48. The molecule has 8 heteroatoms. The van der Waals surface area contributed by atoms with Crippen molar-refractivity contribution in [3.05, 3.63) is 47.5 Å². The molecule has 0 bridgehead atoms. The van der Waals surface area contributed by atoms with Gasteiger partial charge in [0, 0.05) is 36.1 Å². The molecule has 0 N–H and O–H groups in total. The number of nitrogens with zero attached hydrogens (tertiary/aromatic N) is 3. The van der Waals surface area contributed by atoms with E-state index >= 15 is 0 Å². The van der Waals surface area contributed by atoms with Gasteiger partial charge in [-0.15, -0.1) is 11.8 Å². The summed E-state index contributed by atoms with van der Waals surface area (Å²) in [6.07, 6.45) is 2.08. The number of thiazole rings is 1. The van der Waals surface area contributed by atoms with Crippen molar-refractivity contribution >= 4 is 56.0 Å². The van der Waals surface area contributed by atoms with Crippen LogP contribution in [-0.4, -0.2) is 53.8 Å². The highest BCUT2D eigenvalue weighted by atomic mass is 35.5. The van der Waals surface area contributed by atoms with Gasteiger partial charge in [-0.3, -0.25) is 4.79 Å². The number of carbonyl (C=O) groups is 1. The number of hydrogen-bond donors (Lipinski definition) is 0. The Balaban J connectivity index is 1.39. The molecule has 2 aromatic carbocycles. The summed E-state index contributed by atoms with van der Waals surface area (Å²) in [4.78, 5) is 23.3. The lowest BCUT2D eigenvalue weighted by Gasteiger charge is -2.38. The molecule has 5 nitrogen and oxygen atoms in total. The third-order valence-electron chi connectivity index (χ3n) is 5.12. The molecule has 3 aromatic rings. The Kier molecular flexibility index (Phi) is 6.14. The molecule has 1 fully saturated rings. The number of aromatic nitrogens is 1. The molecule has 158 valence electrons. The Bertz CT molecular complexity index is 1040. The number of halogens is 1. The number of rotatable bonds is 5. The average molecular weight is 462 g/mol. The third-order valence-corrected chi connectivity index (χ3v) is 7.18. The van der Waals surface area contributed by atoms with Crippen LogP contribution in [0, 0.1) is 0 Å². The second-order valence-electron chi connectivity index (χ2n) is 7.68. The number of benzene rings is 2. The van der Waals surface area contributed by atoms with Gasteiger partial charge in [0.05, 0.1) is 10.2 Å². The molecule has 1 aromatic heterocycles. The number of fused-ring (bicyclic) bond motifs is 1. The lowest BCUT2D eigenvalue weighted by atomic mass is 10.1. The molecule has 1 saturated heterocycles. The molecule has 0 saturated carbocycles. The molecule has 1 aliphatic heterocycles. The number of carbonyl (C=O) groups excluding carboxylic acids is 1. The Morgan fingerprint density at radius 3 is 2.50 bits per heavy atom. The molecule has 1 amide bonds. The van der Waals surface area contributed by atoms with E-state index in [-0.39, 0.29) is 5.91 Å². The molecule has 0 atom stereocenters. The molecule has 4 rings (SSSR count). The standard InChI is InChI=1S/C22H24ClN3O2S2/c1-22(2,28-16-6-4-15(23)5-7-16)20(27)25-10-12-26(13-11-25)21-24-18-9-8-17(29-3)14-19(18)30-21/h4-9,14H,10-13H2,1-3H3.